The topological polar surface area (TPSA) is 156 Å². The molecule has 2 aliphatic rings. The number of rotatable bonds is 5. The number of aryl methyl sites for hydroxylation is 2. The van der Waals surface area contributed by atoms with Crippen molar-refractivity contribution in [2.45, 2.75) is 81.6 Å². The molecule has 1 aromatic heterocycles. The number of carbonyl (C=O) groups excluding carboxylic acids is 2. The second-order valence-corrected chi connectivity index (χ2v) is 13.5. The molecule has 5 N–H and O–H groups in total. The van der Waals surface area contributed by atoms with Crippen molar-refractivity contribution in [2.24, 2.45) is 9.50 Å². The molecule has 36 heavy (non-hydrogen) atoms. The van der Waals surface area contributed by atoms with Crippen LogP contribution in [0.15, 0.2) is 20.8 Å². The summed E-state index contributed by atoms with van der Waals surface area (Å²) >= 11 is 0.873. The Balaban J connectivity index is 1.49. The molecular formula is C24H33N5O5S2. The van der Waals surface area contributed by atoms with E-state index < -0.39 is 33.2 Å². The molecule has 0 fully saturated rings. The van der Waals surface area contributed by atoms with Gasteiger partial charge in [0.1, 0.15) is 20.4 Å². The van der Waals surface area contributed by atoms with Crippen molar-refractivity contribution >= 4 is 39.1 Å². The molecule has 4 rings (SSSR count). The summed E-state index contributed by atoms with van der Waals surface area (Å²) in [7, 11) is -3.61. The van der Waals surface area contributed by atoms with E-state index in [0.29, 0.717) is 0 Å². The highest BCUT2D eigenvalue weighted by molar-refractivity contribution is 7.93. The smallest absolute Gasteiger partial charge is 0.407 e. The van der Waals surface area contributed by atoms with Crippen LogP contribution >= 0.6 is 11.3 Å². The maximum absolute atomic E-state index is 13.2. The van der Waals surface area contributed by atoms with Crippen molar-refractivity contribution < 1.29 is 23.6 Å². The van der Waals surface area contributed by atoms with Crippen LogP contribution in [0.4, 0.5) is 15.3 Å². The number of amides is 3. The van der Waals surface area contributed by atoms with Crippen LogP contribution in [0.3, 0.4) is 0 Å². The van der Waals surface area contributed by atoms with Gasteiger partial charge in [-0.1, -0.05) is 6.07 Å². The van der Waals surface area contributed by atoms with Crippen LogP contribution in [0.25, 0.3) is 0 Å². The Morgan fingerprint density at radius 3 is 2.36 bits per heavy atom. The molecule has 3 amide bonds. The first kappa shape index (κ1) is 26.5. The van der Waals surface area contributed by atoms with Crippen molar-refractivity contribution in [1.82, 2.24) is 10.3 Å². The summed E-state index contributed by atoms with van der Waals surface area (Å²) < 4.78 is 22.2. The first-order chi connectivity index (χ1) is 16.7. The third-order valence-electron chi connectivity index (χ3n) is 6.13. The van der Waals surface area contributed by atoms with Gasteiger partial charge in [-0.3, -0.25) is 0 Å². The van der Waals surface area contributed by atoms with Gasteiger partial charge in [0.05, 0.1) is 12.7 Å². The number of fused-ring (bicyclic) bond motifs is 2. The molecule has 2 aromatic rings. The summed E-state index contributed by atoms with van der Waals surface area (Å²) in [5, 5.41) is 22.3. The molecule has 0 aliphatic heterocycles. The van der Waals surface area contributed by atoms with Crippen LogP contribution in [0.2, 0.25) is 0 Å². The van der Waals surface area contributed by atoms with Crippen LogP contribution in [0.5, 0.6) is 0 Å². The number of aliphatic hydroxyl groups is 1. The maximum Gasteiger partial charge on any atom is 0.407 e. The number of benzene rings is 1. The zero-order valence-electron chi connectivity index (χ0n) is 21.0. The highest BCUT2D eigenvalue weighted by Crippen LogP contribution is 2.38. The Morgan fingerprint density at radius 2 is 1.78 bits per heavy atom. The summed E-state index contributed by atoms with van der Waals surface area (Å²) in [5.41, 5.74) is 3.32. The Kier molecular flexibility index (Phi) is 7.17. The molecule has 2 aliphatic carbocycles. The number of ether oxygens (including phenoxy) is 1. The largest absolute Gasteiger partial charge is 0.444 e. The van der Waals surface area contributed by atoms with E-state index in [-0.39, 0.29) is 15.8 Å². The molecule has 0 radical (unpaired) electrons. The van der Waals surface area contributed by atoms with Crippen molar-refractivity contribution in [1.29, 1.82) is 0 Å². The number of aromatic nitrogens is 1. The summed E-state index contributed by atoms with van der Waals surface area (Å²) in [5.74, 6) is 0. The number of nitrogens with two attached hydrogens (primary N) is 1. The molecule has 1 aromatic carbocycles. The van der Waals surface area contributed by atoms with E-state index in [4.69, 9.17) is 9.88 Å². The zero-order chi connectivity index (χ0) is 26.3. The molecule has 1 heterocycles. The lowest BCUT2D eigenvalue weighted by Gasteiger charge is -2.24. The summed E-state index contributed by atoms with van der Waals surface area (Å²) in [6.07, 6.45) is 6.38. The van der Waals surface area contributed by atoms with Crippen molar-refractivity contribution in [2.75, 3.05) is 11.9 Å². The first-order valence-corrected chi connectivity index (χ1v) is 14.3. The second kappa shape index (κ2) is 9.73. The van der Waals surface area contributed by atoms with E-state index >= 15 is 0 Å². The summed E-state index contributed by atoms with van der Waals surface area (Å²) in [4.78, 5) is 28.9. The fourth-order valence-electron chi connectivity index (χ4n) is 4.54. The quantitative estimate of drug-likeness (QED) is 0.456. The predicted molar refractivity (Wildman–Crippen MR) is 138 cm³/mol. The third-order valence-corrected chi connectivity index (χ3v) is 9.26. The van der Waals surface area contributed by atoms with Crippen molar-refractivity contribution in [3.05, 3.63) is 39.5 Å². The molecule has 0 saturated carbocycles. The Bertz CT molecular complexity index is 1290. The number of thiazole rings is 1. The molecule has 10 nitrogen and oxygen atoms in total. The summed E-state index contributed by atoms with van der Waals surface area (Å²) in [6.45, 7) is 6.45. The first-order valence-electron chi connectivity index (χ1n) is 11.9. The minimum Gasteiger partial charge on any atom is -0.444 e. The van der Waals surface area contributed by atoms with Crippen LogP contribution < -0.4 is 15.8 Å². The molecule has 0 bridgehead atoms. The van der Waals surface area contributed by atoms with Gasteiger partial charge >= 0.3 is 12.1 Å². The Morgan fingerprint density at radius 1 is 1.17 bits per heavy atom. The number of carbonyl (C=O) groups is 2. The number of anilines is 1. The normalized spacial score (nSPS) is 17.9. The van der Waals surface area contributed by atoms with Gasteiger partial charge in [0.2, 0.25) is 0 Å². The lowest BCUT2D eigenvalue weighted by atomic mass is 9.99. The van der Waals surface area contributed by atoms with Gasteiger partial charge in [-0.2, -0.15) is 0 Å². The highest BCUT2D eigenvalue weighted by atomic mass is 32.2. The number of nitrogens with zero attached hydrogens (tertiary/aromatic N) is 2. The molecule has 196 valence electrons. The van der Waals surface area contributed by atoms with E-state index in [1.807, 2.05) is 0 Å². The van der Waals surface area contributed by atoms with Crippen LogP contribution in [-0.4, -0.2) is 38.6 Å². The fourth-order valence-corrected chi connectivity index (χ4v) is 6.65. The van der Waals surface area contributed by atoms with Gasteiger partial charge in [0.15, 0.2) is 9.92 Å². The fraction of sp³-hybridized carbons (Fsp3) is 0.542. The van der Waals surface area contributed by atoms with Gasteiger partial charge in [-0.25, -0.2) is 23.9 Å². The van der Waals surface area contributed by atoms with Gasteiger partial charge in [0.25, 0.3) is 0 Å². The monoisotopic (exact) mass is 535 g/mol. The van der Waals surface area contributed by atoms with Crippen LogP contribution in [-0.2, 0) is 45.9 Å². The van der Waals surface area contributed by atoms with E-state index in [1.54, 1.807) is 20.8 Å². The lowest BCUT2D eigenvalue weighted by molar-refractivity contribution is 0.0315. The van der Waals surface area contributed by atoms with Gasteiger partial charge in [-0.05, 0) is 88.5 Å². The van der Waals surface area contributed by atoms with E-state index in [2.05, 4.69) is 26.0 Å². The van der Waals surface area contributed by atoms with Crippen molar-refractivity contribution in [3.8, 4) is 0 Å². The third kappa shape index (κ3) is 5.88. The van der Waals surface area contributed by atoms with Crippen LogP contribution in [0.1, 0.15) is 67.8 Å². The Hall–Kier alpha value is -2.54. The summed E-state index contributed by atoms with van der Waals surface area (Å²) in [6, 6.07) is 1.48. The molecule has 12 heteroatoms. The minimum atomic E-state index is -3.61. The zero-order valence-corrected chi connectivity index (χ0v) is 22.6. The number of urea groups is 1. The number of nitrogens with one attached hydrogen (secondary N) is 2. The number of hydrogen-bond acceptors (Lipinski definition) is 7. The lowest BCUT2D eigenvalue weighted by Crippen LogP contribution is -2.41. The SMILES string of the molecule is CC(C)(C)OC(=O)NCC(C)(O)c1ncc(S(N)(=O)=NC(=O)Nc2c3c(cc4c2CCC4)CCC3)s1. The average Bonchev–Trinajstić information content (AvgIpc) is 3.50. The van der Waals surface area contributed by atoms with Gasteiger partial charge < -0.3 is 20.5 Å². The standard InChI is InChI=1S/C24H33N5O5S2/c1-23(2,3)34-22(31)27-13-24(4,32)20-26-12-18(35-20)36(25,33)29-21(30)28-19-16-9-5-7-14(16)11-15-8-6-10-17(15)19/h11-12,32H,5-10,13H2,1-4H3,(H,27,31)(H3,25,28,29,30,33). The predicted octanol–water partition coefficient (Wildman–Crippen LogP) is 3.79. The second-order valence-electron chi connectivity index (χ2n) is 10.4. The average molecular weight is 536 g/mol. The van der Waals surface area contributed by atoms with Gasteiger partial charge in [0, 0.05) is 5.69 Å². The molecule has 0 spiro atoms. The molecule has 0 saturated heterocycles. The molecular weight excluding hydrogens is 502 g/mol. The maximum atomic E-state index is 13.2. The highest BCUT2D eigenvalue weighted by Gasteiger charge is 2.30. The van der Waals surface area contributed by atoms with E-state index in [9.17, 15) is 18.9 Å². The Labute approximate surface area is 215 Å². The van der Waals surface area contributed by atoms with E-state index in [0.717, 1.165) is 66.7 Å². The van der Waals surface area contributed by atoms with Crippen molar-refractivity contribution in [3.63, 3.8) is 0 Å². The number of hydrogen-bond donors (Lipinski definition) is 4. The minimum absolute atomic E-state index is 0.0497. The molecule has 2 atom stereocenters. The van der Waals surface area contributed by atoms with Gasteiger partial charge in [-0.15, -0.1) is 15.7 Å². The van der Waals surface area contributed by atoms with E-state index in [1.165, 1.54) is 24.2 Å². The van der Waals surface area contributed by atoms with Crippen LogP contribution in [0, 0.1) is 0 Å². The molecule has 2 unspecified atom stereocenters. The number of alkyl carbamates (subject to hydrolysis) is 1.